The van der Waals surface area contributed by atoms with Crippen LogP contribution in [-0.2, 0) is 31.8 Å². The van der Waals surface area contributed by atoms with Gasteiger partial charge >= 0.3 is 12.4 Å². The molecule has 184 valence electrons. The van der Waals surface area contributed by atoms with Gasteiger partial charge in [-0.2, -0.15) is 26.3 Å². The lowest BCUT2D eigenvalue weighted by atomic mass is 9.86. The minimum Gasteiger partial charge on any atom is -0.344 e. The first-order valence-corrected chi connectivity index (χ1v) is 11.5. The first-order valence-electron chi connectivity index (χ1n) is 9.64. The highest BCUT2D eigenvalue weighted by Gasteiger charge is 2.46. The number of halogens is 6. The number of carbonyl (C=O) groups is 2. The van der Waals surface area contributed by atoms with E-state index in [0.29, 0.717) is 12.1 Å². The molecular weight excluding hydrogens is 490 g/mol. The molecule has 1 fully saturated rings. The zero-order valence-corrected chi connectivity index (χ0v) is 18.5. The number of hydrogen-bond acceptors (Lipinski definition) is 4. The zero-order valence-electron chi connectivity index (χ0n) is 17.7. The Morgan fingerprint density at radius 1 is 1.00 bits per heavy atom. The van der Waals surface area contributed by atoms with E-state index in [9.17, 15) is 44.3 Å². The lowest BCUT2D eigenvalue weighted by molar-refractivity contribution is -0.143. The molecule has 1 aliphatic heterocycles. The quantitative estimate of drug-likeness (QED) is 0.501. The minimum absolute atomic E-state index is 0.0403. The number of nitrogens with zero attached hydrogens (tertiary/aromatic N) is 1. The number of nitrogens with one attached hydrogen (secondary N) is 1. The number of alkyl halides is 6. The summed E-state index contributed by atoms with van der Waals surface area (Å²) in [6, 6.07) is 6.18. The number of benzene rings is 2. The lowest BCUT2D eigenvalue weighted by Crippen LogP contribution is -2.33. The van der Waals surface area contributed by atoms with Gasteiger partial charge in [0, 0.05) is 25.8 Å². The second-order valence-electron chi connectivity index (χ2n) is 7.90. The van der Waals surface area contributed by atoms with E-state index in [4.69, 9.17) is 0 Å². The van der Waals surface area contributed by atoms with E-state index in [1.807, 2.05) is 0 Å². The van der Waals surface area contributed by atoms with Crippen molar-refractivity contribution in [3.8, 4) is 0 Å². The van der Waals surface area contributed by atoms with Crippen molar-refractivity contribution >= 4 is 27.3 Å². The summed E-state index contributed by atoms with van der Waals surface area (Å²) in [5.74, 6) is -4.90. The molecule has 6 nitrogen and oxygen atoms in total. The van der Waals surface area contributed by atoms with Crippen molar-refractivity contribution in [1.29, 1.82) is 0 Å². The van der Waals surface area contributed by atoms with Crippen molar-refractivity contribution in [3.05, 3.63) is 59.2 Å². The molecule has 1 saturated heterocycles. The highest BCUT2D eigenvalue weighted by Crippen LogP contribution is 2.41. The van der Waals surface area contributed by atoms with Crippen LogP contribution in [0.15, 0.2) is 47.4 Å². The molecule has 34 heavy (non-hydrogen) atoms. The van der Waals surface area contributed by atoms with Crippen LogP contribution < -0.4 is 5.32 Å². The molecule has 0 unspecified atom stereocenters. The summed E-state index contributed by atoms with van der Waals surface area (Å²) in [5.41, 5.74) is -3.80. The Hall–Kier alpha value is -3.09. The molecule has 0 radical (unpaired) electrons. The maximum atomic E-state index is 13.3. The molecule has 0 saturated carbocycles. The van der Waals surface area contributed by atoms with Crippen molar-refractivity contribution in [2.45, 2.75) is 23.2 Å². The molecule has 1 N–H and O–H groups in total. The van der Waals surface area contributed by atoms with Gasteiger partial charge in [0.05, 0.1) is 21.7 Å². The minimum atomic E-state index is -5.10. The van der Waals surface area contributed by atoms with Crippen LogP contribution in [0.25, 0.3) is 0 Å². The molecule has 0 aromatic heterocycles. The third-order valence-electron chi connectivity index (χ3n) is 5.38. The van der Waals surface area contributed by atoms with Crippen molar-refractivity contribution in [2.75, 3.05) is 25.2 Å². The molecule has 2 aromatic rings. The van der Waals surface area contributed by atoms with E-state index < -0.39 is 62.5 Å². The number of sulfone groups is 1. The summed E-state index contributed by atoms with van der Waals surface area (Å²) in [6.45, 7) is -0.316. The average Bonchev–Trinajstić information content (AvgIpc) is 3.00. The maximum Gasteiger partial charge on any atom is 0.416 e. The Labute approximate surface area is 190 Å². The van der Waals surface area contributed by atoms with Gasteiger partial charge in [-0.15, -0.1) is 0 Å². The van der Waals surface area contributed by atoms with E-state index in [1.165, 1.54) is 31.3 Å². The van der Waals surface area contributed by atoms with Crippen molar-refractivity contribution in [2.24, 2.45) is 5.92 Å². The highest BCUT2D eigenvalue weighted by atomic mass is 32.2. The topological polar surface area (TPSA) is 83.6 Å². The second kappa shape index (κ2) is 8.60. The zero-order chi connectivity index (χ0) is 25.6. The van der Waals surface area contributed by atoms with Crippen LogP contribution in [0.2, 0.25) is 0 Å². The van der Waals surface area contributed by atoms with Gasteiger partial charge < -0.3 is 10.2 Å². The molecule has 0 spiro atoms. The Morgan fingerprint density at radius 3 is 2.03 bits per heavy atom. The highest BCUT2D eigenvalue weighted by molar-refractivity contribution is 7.90. The molecule has 3 rings (SSSR count). The number of likely N-dealkylation sites (N-methyl/N-ethyl adjacent to an activating group) is 1. The fraction of sp³-hybridized carbons (Fsp3) is 0.333. The molecule has 0 aliphatic carbocycles. The normalized spacial score (nSPS) is 19.4. The Bertz CT molecular complexity index is 1210. The van der Waals surface area contributed by atoms with Gasteiger partial charge in [-0.25, -0.2) is 8.42 Å². The molecule has 1 heterocycles. The summed E-state index contributed by atoms with van der Waals surface area (Å²) < 4.78 is 104. The van der Waals surface area contributed by atoms with Crippen LogP contribution in [0.4, 0.5) is 32.0 Å². The molecule has 2 atom stereocenters. The standard InChI is InChI=1S/C21H18F6N2O4S/c1-29-10-14(11-7-12(20(22,23)24)9-13(8-11)21(25,26)27)17(19(29)31)18(30)28-15-5-3-4-6-16(15)34(2,32)33/h3-9,14,17H,10H2,1-2H3,(H,28,30)/t14-,17+/m1/s1. The van der Waals surface area contributed by atoms with Crippen LogP contribution >= 0.6 is 0 Å². The average molecular weight is 508 g/mol. The second-order valence-corrected chi connectivity index (χ2v) is 9.88. The first-order chi connectivity index (χ1) is 15.5. The monoisotopic (exact) mass is 508 g/mol. The van der Waals surface area contributed by atoms with Crippen molar-refractivity contribution in [1.82, 2.24) is 4.90 Å². The van der Waals surface area contributed by atoms with Crippen LogP contribution in [0.5, 0.6) is 0 Å². The van der Waals surface area contributed by atoms with E-state index >= 15 is 0 Å². The maximum absolute atomic E-state index is 13.3. The number of rotatable bonds is 4. The molecular formula is C21H18F6N2O4S. The van der Waals surface area contributed by atoms with Crippen LogP contribution in [0, 0.1) is 5.92 Å². The van der Waals surface area contributed by atoms with Gasteiger partial charge in [-0.3, -0.25) is 9.59 Å². The molecule has 2 amide bonds. The number of amides is 2. The van der Waals surface area contributed by atoms with Gasteiger partial charge in [0.15, 0.2) is 9.84 Å². The third-order valence-corrected chi connectivity index (χ3v) is 6.54. The SMILES string of the molecule is CN1C[C@H](c2cc(C(F)(F)F)cc(C(F)(F)F)c2)[C@@H](C(=O)Nc2ccccc2S(C)(=O)=O)C1=O. The Morgan fingerprint density at radius 2 is 1.53 bits per heavy atom. The summed E-state index contributed by atoms with van der Waals surface area (Å²) in [4.78, 5) is 26.4. The van der Waals surface area contributed by atoms with E-state index in [0.717, 1.165) is 11.2 Å². The van der Waals surface area contributed by atoms with Crippen molar-refractivity contribution < 1.29 is 44.3 Å². The van der Waals surface area contributed by atoms with E-state index in [-0.39, 0.29) is 23.2 Å². The molecule has 0 bridgehead atoms. The number of carbonyl (C=O) groups excluding carboxylic acids is 2. The smallest absolute Gasteiger partial charge is 0.344 e. The van der Waals surface area contributed by atoms with Gasteiger partial charge in [0.2, 0.25) is 11.8 Å². The van der Waals surface area contributed by atoms with Crippen LogP contribution in [0.3, 0.4) is 0 Å². The van der Waals surface area contributed by atoms with Gasteiger partial charge in [0.1, 0.15) is 5.92 Å². The number of anilines is 1. The van der Waals surface area contributed by atoms with Crippen molar-refractivity contribution in [3.63, 3.8) is 0 Å². The Balaban J connectivity index is 2.07. The van der Waals surface area contributed by atoms with E-state index in [2.05, 4.69) is 5.32 Å². The molecule has 13 heteroatoms. The van der Waals surface area contributed by atoms with Gasteiger partial charge in [-0.1, -0.05) is 12.1 Å². The predicted molar refractivity (Wildman–Crippen MR) is 108 cm³/mol. The lowest BCUT2D eigenvalue weighted by Gasteiger charge is -2.21. The van der Waals surface area contributed by atoms with Crippen LogP contribution in [-0.4, -0.2) is 45.0 Å². The van der Waals surface area contributed by atoms with Gasteiger partial charge in [-0.05, 0) is 35.9 Å². The summed E-state index contributed by atoms with van der Waals surface area (Å²) in [5, 5.41) is 2.29. The fourth-order valence-electron chi connectivity index (χ4n) is 3.79. The number of para-hydroxylation sites is 1. The summed E-state index contributed by atoms with van der Waals surface area (Å²) in [6.07, 6.45) is -9.32. The number of hydrogen-bond donors (Lipinski definition) is 1. The first kappa shape index (κ1) is 25.5. The molecule has 1 aliphatic rings. The summed E-state index contributed by atoms with van der Waals surface area (Å²) in [7, 11) is -2.54. The fourth-order valence-corrected chi connectivity index (χ4v) is 4.63. The van der Waals surface area contributed by atoms with E-state index in [1.54, 1.807) is 0 Å². The summed E-state index contributed by atoms with van der Waals surface area (Å²) >= 11 is 0. The predicted octanol–water partition coefficient (Wildman–Crippen LogP) is 3.94. The third kappa shape index (κ3) is 5.18. The van der Waals surface area contributed by atoms with Crippen LogP contribution in [0.1, 0.15) is 22.6 Å². The Kier molecular flexibility index (Phi) is 6.46. The largest absolute Gasteiger partial charge is 0.416 e. The number of likely N-dealkylation sites (tertiary alicyclic amines) is 1. The molecule has 2 aromatic carbocycles. The van der Waals surface area contributed by atoms with Gasteiger partial charge in [0.25, 0.3) is 0 Å².